The summed E-state index contributed by atoms with van der Waals surface area (Å²) in [4.78, 5) is 20.4. The summed E-state index contributed by atoms with van der Waals surface area (Å²) in [6.45, 7) is 3.42. The Labute approximate surface area is 192 Å². The SMILES string of the molecule is COC1CSc2c(-c3cc(Cl)c(F)cc3F)ccc3c(N4CCNCC4)nc(=O)n(c23)C1. The van der Waals surface area contributed by atoms with Gasteiger partial charge >= 0.3 is 5.69 Å². The highest BCUT2D eigenvalue weighted by atomic mass is 35.5. The van der Waals surface area contributed by atoms with Gasteiger partial charge in [0.25, 0.3) is 0 Å². The van der Waals surface area contributed by atoms with E-state index in [1.807, 2.05) is 6.07 Å². The average Bonchev–Trinajstić information content (AvgIpc) is 3.00. The van der Waals surface area contributed by atoms with Crippen molar-refractivity contribution >= 4 is 40.1 Å². The second-order valence-electron chi connectivity index (χ2n) is 7.82. The molecule has 2 aliphatic heterocycles. The van der Waals surface area contributed by atoms with E-state index in [9.17, 15) is 13.6 Å². The van der Waals surface area contributed by atoms with Crippen LogP contribution in [0.25, 0.3) is 22.0 Å². The van der Waals surface area contributed by atoms with Crippen molar-refractivity contribution in [1.82, 2.24) is 14.9 Å². The van der Waals surface area contributed by atoms with Crippen molar-refractivity contribution in [3.05, 3.63) is 51.4 Å². The van der Waals surface area contributed by atoms with Gasteiger partial charge in [0.15, 0.2) is 0 Å². The molecule has 32 heavy (non-hydrogen) atoms. The lowest BCUT2D eigenvalue weighted by Crippen LogP contribution is -2.45. The number of nitrogens with one attached hydrogen (secondary N) is 1. The maximum Gasteiger partial charge on any atom is 0.350 e. The number of hydrogen-bond donors (Lipinski definition) is 1. The molecule has 0 saturated carbocycles. The molecule has 1 unspecified atom stereocenters. The van der Waals surface area contributed by atoms with Crippen LogP contribution < -0.4 is 15.9 Å². The van der Waals surface area contributed by atoms with Gasteiger partial charge in [-0.15, -0.1) is 11.8 Å². The van der Waals surface area contributed by atoms with E-state index in [4.69, 9.17) is 16.3 Å². The van der Waals surface area contributed by atoms with Crippen LogP contribution >= 0.6 is 23.4 Å². The molecule has 1 fully saturated rings. The normalized spacial score (nSPS) is 18.8. The van der Waals surface area contributed by atoms with Crippen LogP contribution in [-0.2, 0) is 11.3 Å². The lowest BCUT2D eigenvalue weighted by Gasteiger charge is -2.30. The van der Waals surface area contributed by atoms with Gasteiger partial charge in [0.05, 0.1) is 23.2 Å². The molecular weight excluding hydrogens is 458 g/mol. The van der Waals surface area contributed by atoms with Crippen molar-refractivity contribution in [2.45, 2.75) is 17.5 Å². The van der Waals surface area contributed by atoms with E-state index in [0.29, 0.717) is 29.2 Å². The van der Waals surface area contributed by atoms with Gasteiger partial charge in [-0.25, -0.2) is 13.6 Å². The number of thioether (sulfide) groups is 1. The average molecular weight is 479 g/mol. The van der Waals surface area contributed by atoms with E-state index in [1.165, 1.54) is 17.8 Å². The summed E-state index contributed by atoms with van der Waals surface area (Å²) >= 11 is 7.47. The van der Waals surface area contributed by atoms with Crippen LogP contribution in [0.2, 0.25) is 5.02 Å². The van der Waals surface area contributed by atoms with Gasteiger partial charge in [0.1, 0.15) is 17.5 Å². The molecule has 6 nitrogen and oxygen atoms in total. The molecule has 3 heterocycles. The maximum absolute atomic E-state index is 14.8. The lowest BCUT2D eigenvalue weighted by atomic mass is 10.0. The predicted octanol–water partition coefficient (Wildman–Crippen LogP) is 3.53. The van der Waals surface area contributed by atoms with E-state index in [2.05, 4.69) is 15.2 Å². The molecule has 0 amide bonds. The van der Waals surface area contributed by atoms with Gasteiger partial charge in [-0.05, 0) is 12.1 Å². The topological polar surface area (TPSA) is 59.4 Å². The summed E-state index contributed by atoms with van der Waals surface area (Å²) in [6.07, 6.45) is -0.213. The third kappa shape index (κ3) is 3.67. The van der Waals surface area contributed by atoms with Crippen LogP contribution in [0.5, 0.6) is 0 Å². The van der Waals surface area contributed by atoms with Gasteiger partial charge in [-0.3, -0.25) is 4.57 Å². The lowest BCUT2D eigenvalue weighted by molar-refractivity contribution is 0.107. The fraction of sp³-hybridized carbons (Fsp3) is 0.364. The van der Waals surface area contributed by atoms with E-state index in [0.717, 1.165) is 42.5 Å². The van der Waals surface area contributed by atoms with Crippen LogP contribution in [0.1, 0.15) is 0 Å². The fourth-order valence-corrected chi connectivity index (χ4v) is 5.72. The summed E-state index contributed by atoms with van der Waals surface area (Å²) in [5.41, 5.74) is 1.08. The quantitative estimate of drug-likeness (QED) is 0.581. The van der Waals surface area contributed by atoms with Crippen molar-refractivity contribution in [2.75, 3.05) is 43.9 Å². The molecule has 3 aromatic rings. The predicted molar refractivity (Wildman–Crippen MR) is 123 cm³/mol. The van der Waals surface area contributed by atoms with Gasteiger partial charge in [0, 0.05) is 66.5 Å². The molecule has 2 aliphatic rings. The van der Waals surface area contributed by atoms with Crippen molar-refractivity contribution in [3.63, 3.8) is 0 Å². The number of nitrogens with zero attached hydrogens (tertiary/aromatic N) is 3. The van der Waals surface area contributed by atoms with E-state index < -0.39 is 11.6 Å². The molecule has 10 heteroatoms. The van der Waals surface area contributed by atoms with Gasteiger partial charge in [0.2, 0.25) is 0 Å². The summed E-state index contributed by atoms with van der Waals surface area (Å²) in [5.74, 6) is -0.317. The molecule has 1 N–H and O–H groups in total. The number of methoxy groups -OCH3 is 1. The largest absolute Gasteiger partial charge is 0.379 e. The molecule has 168 valence electrons. The Morgan fingerprint density at radius 2 is 1.97 bits per heavy atom. The Hall–Kier alpha value is -2.20. The number of piperazine rings is 1. The van der Waals surface area contributed by atoms with Crippen LogP contribution in [0.4, 0.5) is 14.6 Å². The number of rotatable bonds is 3. The first-order valence-corrected chi connectivity index (χ1v) is 11.7. The minimum absolute atomic E-state index is 0.157. The highest BCUT2D eigenvalue weighted by Gasteiger charge is 2.27. The highest BCUT2D eigenvalue weighted by Crippen LogP contribution is 2.42. The molecule has 5 rings (SSSR count). The highest BCUT2D eigenvalue weighted by molar-refractivity contribution is 7.99. The summed E-state index contributed by atoms with van der Waals surface area (Å²) < 4.78 is 35.8. The third-order valence-electron chi connectivity index (χ3n) is 5.92. The van der Waals surface area contributed by atoms with Crippen LogP contribution in [0, 0.1) is 11.6 Å². The van der Waals surface area contributed by atoms with Crippen molar-refractivity contribution in [2.24, 2.45) is 0 Å². The molecular formula is C22H21ClF2N4O2S. The minimum Gasteiger partial charge on any atom is -0.379 e. The Bertz CT molecular complexity index is 1260. The van der Waals surface area contributed by atoms with Gasteiger partial charge in [-0.1, -0.05) is 17.7 Å². The Morgan fingerprint density at radius 3 is 2.72 bits per heavy atom. The first kappa shape index (κ1) is 21.6. The molecule has 0 aliphatic carbocycles. The van der Waals surface area contributed by atoms with E-state index in [-0.39, 0.29) is 22.4 Å². The second-order valence-corrected chi connectivity index (χ2v) is 9.26. The standard InChI is InChI=1S/C22H21ClF2N4O2S/c1-31-12-10-29-19-14(21(27-22(29)30)28-6-4-26-5-7-28)3-2-13(20(19)32-11-12)15-8-16(23)18(25)9-17(15)24/h2-3,8-9,12,26H,4-7,10-11H2,1H3. The zero-order valence-corrected chi connectivity index (χ0v) is 18.9. The monoisotopic (exact) mass is 478 g/mol. The smallest absolute Gasteiger partial charge is 0.350 e. The fourth-order valence-electron chi connectivity index (χ4n) is 4.28. The van der Waals surface area contributed by atoms with Gasteiger partial charge in [-0.2, -0.15) is 4.98 Å². The molecule has 2 aromatic carbocycles. The van der Waals surface area contributed by atoms with Crippen LogP contribution in [0.15, 0.2) is 34.0 Å². The Kier molecular flexibility index (Phi) is 5.83. The van der Waals surface area contributed by atoms with Crippen LogP contribution in [0.3, 0.4) is 0 Å². The number of aromatic nitrogens is 2. The molecule has 0 radical (unpaired) electrons. The molecule has 1 saturated heterocycles. The Morgan fingerprint density at radius 1 is 1.19 bits per heavy atom. The maximum atomic E-state index is 14.8. The number of benzene rings is 2. The molecule has 1 atom stereocenters. The number of anilines is 1. The zero-order valence-electron chi connectivity index (χ0n) is 17.3. The minimum atomic E-state index is -0.811. The molecule has 1 aromatic heterocycles. The van der Waals surface area contributed by atoms with E-state index >= 15 is 0 Å². The second kappa shape index (κ2) is 8.62. The van der Waals surface area contributed by atoms with Crippen LogP contribution in [-0.4, -0.2) is 54.7 Å². The zero-order chi connectivity index (χ0) is 22.4. The van der Waals surface area contributed by atoms with Crippen molar-refractivity contribution in [1.29, 1.82) is 0 Å². The summed E-state index contributed by atoms with van der Waals surface area (Å²) in [5, 5.41) is 3.97. The Balaban J connectivity index is 1.81. The number of hydrogen-bond acceptors (Lipinski definition) is 6. The number of halogens is 3. The van der Waals surface area contributed by atoms with E-state index in [1.54, 1.807) is 17.7 Å². The van der Waals surface area contributed by atoms with Crippen molar-refractivity contribution < 1.29 is 13.5 Å². The van der Waals surface area contributed by atoms with Gasteiger partial charge < -0.3 is 15.0 Å². The van der Waals surface area contributed by atoms with Crippen molar-refractivity contribution in [3.8, 4) is 11.1 Å². The first-order chi connectivity index (χ1) is 15.5. The summed E-state index contributed by atoms with van der Waals surface area (Å²) in [7, 11) is 1.60. The third-order valence-corrected chi connectivity index (χ3v) is 7.45. The molecule has 0 bridgehead atoms. The molecule has 0 spiro atoms. The number of ether oxygens (including phenoxy) is 1. The summed E-state index contributed by atoms with van der Waals surface area (Å²) in [6, 6.07) is 5.75. The first-order valence-electron chi connectivity index (χ1n) is 10.3.